The molecule has 4 aromatic rings. The van der Waals surface area contributed by atoms with Crippen molar-refractivity contribution in [3.05, 3.63) is 106 Å². The quantitative estimate of drug-likeness (QED) is 0.280. The molecule has 0 unspecified atom stereocenters. The molecule has 0 radical (unpaired) electrons. The summed E-state index contributed by atoms with van der Waals surface area (Å²) in [5.74, 6) is -0.778. The van der Waals surface area contributed by atoms with E-state index in [1.807, 2.05) is 43.3 Å². The molecular weight excluding hydrogens is 392 g/mol. The van der Waals surface area contributed by atoms with Crippen molar-refractivity contribution in [3.8, 4) is 0 Å². The fourth-order valence-corrected chi connectivity index (χ4v) is 3.51. The molecule has 1 aromatic heterocycles. The summed E-state index contributed by atoms with van der Waals surface area (Å²) in [5.41, 5.74) is 3.51. The highest BCUT2D eigenvalue weighted by molar-refractivity contribution is 6.14. The third-order valence-electron chi connectivity index (χ3n) is 5.15. The zero-order valence-electron chi connectivity index (χ0n) is 17.1. The number of imidazole rings is 1. The van der Waals surface area contributed by atoms with E-state index in [-0.39, 0.29) is 23.6 Å². The van der Waals surface area contributed by atoms with Crippen molar-refractivity contribution in [2.45, 2.75) is 19.9 Å². The van der Waals surface area contributed by atoms with Gasteiger partial charge < -0.3 is 9.72 Å². The first-order valence-corrected chi connectivity index (χ1v) is 10.1. The lowest BCUT2D eigenvalue weighted by Crippen LogP contribution is -2.18. The first kappa shape index (κ1) is 20.3. The zero-order chi connectivity index (χ0) is 21.8. The van der Waals surface area contributed by atoms with Gasteiger partial charge in [0.1, 0.15) is 0 Å². The number of ketones is 1. The number of H-pyrrole nitrogens is 1. The average molecular weight is 414 g/mol. The van der Waals surface area contributed by atoms with Crippen molar-refractivity contribution in [3.63, 3.8) is 0 Å². The second-order valence-electron chi connectivity index (χ2n) is 7.33. The van der Waals surface area contributed by atoms with Crippen LogP contribution >= 0.6 is 0 Å². The van der Waals surface area contributed by atoms with Gasteiger partial charge in [0.05, 0.1) is 23.2 Å². The molecule has 1 N–H and O–H groups in total. The summed E-state index contributed by atoms with van der Waals surface area (Å²) in [4.78, 5) is 40.5. The number of esters is 1. The van der Waals surface area contributed by atoms with Crippen LogP contribution in [0.3, 0.4) is 0 Å². The van der Waals surface area contributed by atoms with E-state index in [0.29, 0.717) is 24.1 Å². The predicted octanol–water partition coefficient (Wildman–Crippen LogP) is 4.12. The topological polar surface area (TPSA) is 81.2 Å². The van der Waals surface area contributed by atoms with Gasteiger partial charge in [-0.3, -0.25) is 9.36 Å². The predicted molar refractivity (Wildman–Crippen MR) is 119 cm³/mol. The van der Waals surface area contributed by atoms with E-state index in [4.69, 9.17) is 4.74 Å². The number of ether oxygens (including phenoxy) is 1. The van der Waals surface area contributed by atoms with E-state index >= 15 is 0 Å². The van der Waals surface area contributed by atoms with E-state index in [0.717, 1.165) is 16.6 Å². The van der Waals surface area contributed by atoms with Gasteiger partial charge in [-0.15, -0.1) is 0 Å². The van der Waals surface area contributed by atoms with E-state index in [1.165, 1.54) is 0 Å². The highest BCUT2D eigenvalue weighted by Crippen LogP contribution is 2.17. The first-order valence-electron chi connectivity index (χ1n) is 10.1. The molecule has 4 rings (SSSR count). The summed E-state index contributed by atoms with van der Waals surface area (Å²) in [6.45, 7) is 2.50. The largest absolute Gasteiger partial charge is 0.462 e. The number of nitrogens with one attached hydrogen (secondary N) is 1. The van der Waals surface area contributed by atoms with Gasteiger partial charge in [0, 0.05) is 17.7 Å². The Morgan fingerprint density at radius 1 is 0.903 bits per heavy atom. The Bertz CT molecular complexity index is 1300. The van der Waals surface area contributed by atoms with E-state index in [1.54, 1.807) is 41.0 Å². The number of aromatic nitrogens is 2. The molecule has 1 heterocycles. The third kappa shape index (κ3) is 4.33. The molecule has 0 fully saturated rings. The Kier molecular flexibility index (Phi) is 5.80. The Hall–Kier alpha value is -3.93. The number of hydrogen-bond acceptors (Lipinski definition) is 4. The van der Waals surface area contributed by atoms with Crippen LogP contribution < -0.4 is 5.69 Å². The minimum Gasteiger partial charge on any atom is -0.462 e. The molecule has 0 amide bonds. The minimum absolute atomic E-state index is 0.137. The maximum Gasteiger partial charge on any atom is 0.338 e. The lowest BCUT2D eigenvalue weighted by atomic mass is 9.98. The SMILES string of the molecule is Cc1ccc(C(=O)c2ccccc2C(=O)OCCCn2c(=O)[nH]c3ccccc32)cc1. The number of nitrogens with zero attached hydrogens (tertiary/aromatic N) is 1. The van der Waals surface area contributed by atoms with Crippen molar-refractivity contribution >= 4 is 22.8 Å². The normalized spacial score (nSPS) is 10.9. The van der Waals surface area contributed by atoms with Gasteiger partial charge in [-0.1, -0.05) is 60.2 Å². The molecule has 0 saturated heterocycles. The smallest absolute Gasteiger partial charge is 0.338 e. The Balaban J connectivity index is 1.42. The fourth-order valence-electron chi connectivity index (χ4n) is 3.51. The molecule has 3 aromatic carbocycles. The Morgan fingerprint density at radius 2 is 1.58 bits per heavy atom. The standard InChI is InChI=1S/C25H22N2O4/c1-17-11-13-18(14-12-17)23(28)19-7-2-3-8-20(19)24(29)31-16-6-15-27-22-10-5-4-9-21(22)26-25(27)30/h2-5,7-14H,6,15-16H2,1H3,(H,26,30). The van der Waals surface area contributed by atoms with Crippen LogP contribution in [0.25, 0.3) is 11.0 Å². The molecule has 0 aliphatic heterocycles. The lowest BCUT2D eigenvalue weighted by Gasteiger charge is -2.10. The fraction of sp³-hybridized carbons (Fsp3) is 0.160. The molecule has 0 atom stereocenters. The van der Waals surface area contributed by atoms with E-state index < -0.39 is 5.97 Å². The van der Waals surface area contributed by atoms with Crippen LogP contribution in [-0.4, -0.2) is 27.9 Å². The van der Waals surface area contributed by atoms with E-state index in [9.17, 15) is 14.4 Å². The molecule has 0 aliphatic rings. The van der Waals surface area contributed by atoms with Crippen LogP contribution in [0.4, 0.5) is 0 Å². The van der Waals surface area contributed by atoms with Gasteiger partial charge in [0.15, 0.2) is 5.78 Å². The Morgan fingerprint density at radius 3 is 2.35 bits per heavy atom. The van der Waals surface area contributed by atoms with Gasteiger partial charge in [0.25, 0.3) is 0 Å². The number of rotatable bonds is 7. The van der Waals surface area contributed by atoms with Gasteiger partial charge in [-0.05, 0) is 31.5 Å². The summed E-state index contributed by atoms with van der Waals surface area (Å²) >= 11 is 0. The number of aromatic amines is 1. The van der Waals surface area contributed by atoms with Crippen molar-refractivity contribution in [2.75, 3.05) is 6.61 Å². The van der Waals surface area contributed by atoms with Crippen molar-refractivity contribution in [1.29, 1.82) is 0 Å². The summed E-state index contributed by atoms with van der Waals surface area (Å²) < 4.78 is 7.03. The highest BCUT2D eigenvalue weighted by atomic mass is 16.5. The maximum absolute atomic E-state index is 12.9. The second kappa shape index (κ2) is 8.83. The van der Waals surface area contributed by atoms with Crippen LogP contribution in [0.1, 0.15) is 38.3 Å². The third-order valence-corrected chi connectivity index (χ3v) is 5.15. The summed E-state index contributed by atoms with van der Waals surface area (Å²) in [6.07, 6.45) is 0.474. The van der Waals surface area contributed by atoms with Crippen molar-refractivity contribution in [2.24, 2.45) is 0 Å². The van der Waals surface area contributed by atoms with Crippen LogP contribution in [0, 0.1) is 6.92 Å². The van der Waals surface area contributed by atoms with Gasteiger partial charge >= 0.3 is 11.7 Å². The number of aryl methyl sites for hydroxylation is 2. The Labute approximate surface area is 179 Å². The van der Waals surface area contributed by atoms with Gasteiger partial charge in [-0.2, -0.15) is 0 Å². The van der Waals surface area contributed by atoms with Crippen LogP contribution in [0.2, 0.25) is 0 Å². The summed E-state index contributed by atoms with van der Waals surface area (Å²) in [6, 6.07) is 21.3. The molecule has 0 aliphatic carbocycles. The number of carbonyl (C=O) groups excluding carboxylic acids is 2. The minimum atomic E-state index is -0.553. The molecule has 31 heavy (non-hydrogen) atoms. The summed E-state index contributed by atoms with van der Waals surface area (Å²) in [7, 11) is 0. The monoisotopic (exact) mass is 414 g/mol. The second-order valence-corrected chi connectivity index (χ2v) is 7.33. The molecule has 156 valence electrons. The zero-order valence-corrected chi connectivity index (χ0v) is 17.1. The van der Waals surface area contributed by atoms with Gasteiger partial charge in [-0.25, -0.2) is 9.59 Å². The van der Waals surface area contributed by atoms with E-state index in [2.05, 4.69) is 4.98 Å². The summed E-state index contributed by atoms with van der Waals surface area (Å²) in [5, 5.41) is 0. The number of fused-ring (bicyclic) bond motifs is 1. The van der Waals surface area contributed by atoms with Gasteiger partial charge in [0.2, 0.25) is 0 Å². The molecular formula is C25H22N2O4. The molecule has 6 nitrogen and oxygen atoms in total. The average Bonchev–Trinajstić information content (AvgIpc) is 3.11. The number of hydrogen-bond donors (Lipinski definition) is 1. The van der Waals surface area contributed by atoms with Crippen molar-refractivity contribution < 1.29 is 14.3 Å². The van der Waals surface area contributed by atoms with Crippen molar-refractivity contribution in [1.82, 2.24) is 9.55 Å². The number of carbonyl (C=O) groups is 2. The molecule has 0 bridgehead atoms. The number of para-hydroxylation sites is 2. The molecule has 6 heteroatoms. The number of benzene rings is 3. The van der Waals surface area contributed by atoms with Crippen LogP contribution in [0.15, 0.2) is 77.6 Å². The molecule has 0 saturated carbocycles. The lowest BCUT2D eigenvalue weighted by molar-refractivity contribution is 0.0493. The van der Waals surface area contributed by atoms with Crippen LogP contribution in [-0.2, 0) is 11.3 Å². The highest BCUT2D eigenvalue weighted by Gasteiger charge is 2.19. The maximum atomic E-state index is 12.9. The van der Waals surface area contributed by atoms with Crippen LogP contribution in [0.5, 0.6) is 0 Å². The molecule has 0 spiro atoms. The first-order chi connectivity index (χ1) is 15.0.